The summed E-state index contributed by atoms with van der Waals surface area (Å²) in [6.45, 7) is 0.730. The summed E-state index contributed by atoms with van der Waals surface area (Å²) >= 11 is 1.65. The molecule has 2 aromatic carbocycles. The Bertz CT molecular complexity index is 714. The average Bonchev–Trinajstić information content (AvgIpc) is 2.63. The molecule has 0 radical (unpaired) electrons. The number of rotatable bonds is 4. The highest BCUT2D eigenvalue weighted by atomic mass is 32.2. The number of carbonyl (C=O) groups excluding carboxylic acids is 1. The summed E-state index contributed by atoms with van der Waals surface area (Å²) in [5.41, 5.74) is 1.86. The summed E-state index contributed by atoms with van der Waals surface area (Å²) in [6, 6.07) is 17.4. The van der Waals surface area contributed by atoms with Crippen LogP contribution < -0.4 is 4.74 Å². The molecule has 1 aliphatic rings. The second kappa shape index (κ2) is 8.02. The van der Waals surface area contributed by atoms with Gasteiger partial charge in [-0.1, -0.05) is 42.1 Å². The maximum absolute atomic E-state index is 12.7. The zero-order valence-electron chi connectivity index (χ0n) is 13.6. The number of methoxy groups -OCH3 is 1. The van der Waals surface area contributed by atoms with Crippen molar-refractivity contribution in [3.05, 3.63) is 60.2 Å². The zero-order valence-corrected chi connectivity index (χ0v) is 14.5. The van der Waals surface area contributed by atoms with E-state index in [2.05, 4.69) is 4.99 Å². The number of para-hydroxylation sites is 1. The van der Waals surface area contributed by atoms with Gasteiger partial charge in [-0.15, -0.1) is 0 Å². The number of aliphatic imine (C=N–C) groups is 1. The van der Waals surface area contributed by atoms with Gasteiger partial charge in [0.2, 0.25) is 5.91 Å². The molecule has 1 amide bonds. The molecular formula is C19H20N2O2S. The fourth-order valence-corrected chi connectivity index (χ4v) is 3.49. The van der Waals surface area contributed by atoms with E-state index in [9.17, 15) is 4.79 Å². The summed E-state index contributed by atoms with van der Waals surface area (Å²) in [5.74, 6) is 1.88. The van der Waals surface area contributed by atoms with E-state index in [4.69, 9.17) is 4.74 Å². The van der Waals surface area contributed by atoms with Gasteiger partial charge in [-0.3, -0.25) is 9.69 Å². The van der Waals surface area contributed by atoms with Gasteiger partial charge < -0.3 is 4.74 Å². The van der Waals surface area contributed by atoms with Crippen LogP contribution in [-0.4, -0.2) is 35.4 Å². The topological polar surface area (TPSA) is 41.9 Å². The number of hydrogen-bond acceptors (Lipinski definition) is 4. The normalized spacial score (nSPS) is 16.2. The molecule has 0 atom stereocenters. The molecule has 1 fully saturated rings. The van der Waals surface area contributed by atoms with Crippen LogP contribution in [0.3, 0.4) is 0 Å². The van der Waals surface area contributed by atoms with Crippen molar-refractivity contribution in [2.45, 2.75) is 12.8 Å². The van der Waals surface area contributed by atoms with Gasteiger partial charge in [-0.2, -0.15) is 0 Å². The van der Waals surface area contributed by atoms with E-state index in [-0.39, 0.29) is 5.91 Å². The molecule has 0 unspecified atom stereocenters. The molecule has 124 valence electrons. The molecule has 0 aromatic heterocycles. The number of amidine groups is 1. The summed E-state index contributed by atoms with van der Waals surface area (Å²) in [7, 11) is 1.64. The van der Waals surface area contributed by atoms with Gasteiger partial charge in [-0.25, -0.2) is 4.99 Å². The third-order valence-electron chi connectivity index (χ3n) is 3.78. The van der Waals surface area contributed by atoms with Gasteiger partial charge in [-0.05, 0) is 36.2 Å². The first kappa shape index (κ1) is 16.6. The molecule has 1 aliphatic heterocycles. The Morgan fingerprint density at radius 1 is 1.17 bits per heavy atom. The van der Waals surface area contributed by atoms with E-state index in [0.717, 1.165) is 40.9 Å². The van der Waals surface area contributed by atoms with E-state index in [1.54, 1.807) is 18.9 Å². The lowest BCUT2D eigenvalue weighted by atomic mass is 10.1. The maximum Gasteiger partial charge on any atom is 0.232 e. The molecule has 0 aliphatic carbocycles. The van der Waals surface area contributed by atoms with Crippen LogP contribution in [0.2, 0.25) is 0 Å². The summed E-state index contributed by atoms with van der Waals surface area (Å²) < 4.78 is 5.16. The Morgan fingerprint density at radius 2 is 1.92 bits per heavy atom. The van der Waals surface area contributed by atoms with Crippen molar-refractivity contribution in [2.24, 2.45) is 4.99 Å². The molecule has 1 heterocycles. The predicted octanol–water partition coefficient (Wildman–Crippen LogP) is 3.89. The predicted molar refractivity (Wildman–Crippen MR) is 99.0 cm³/mol. The van der Waals surface area contributed by atoms with Gasteiger partial charge in [0, 0.05) is 12.3 Å². The zero-order chi connectivity index (χ0) is 16.8. The number of carbonyl (C=O) groups is 1. The molecule has 5 heteroatoms. The van der Waals surface area contributed by atoms with Crippen molar-refractivity contribution < 1.29 is 9.53 Å². The van der Waals surface area contributed by atoms with Crippen LogP contribution in [0.5, 0.6) is 5.75 Å². The van der Waals surface area contributed by atoms with E-state index < -0.39 is 0 Å². The van der Waals surface area contributed by atoms with Gasteiger partial charge >= 0.3 is 0 Å². The lowest BCUT2D eigenvalue weighted by Crippen LogP contribution is -2.40. The average molecular weight is 340 g/mol. The molecule has 0 bridgehead atoms. The van der Waals surface area contributed by atoms with E-state index in [1.807, 2.05) is 59.5 Å². The van der Waals surface area contributed by atoms with Crippen LogP contribution in [0, 0.1) is 0 Å². The third kappa shape index (κ3) is 4.17. The first-order valence-corrected chi connectivity index (χ1v) is 8.94. The van der Waals surface area contributed by atoms with Crippen LogP contribution in [0.1, 0.15) is 12.0 Å². The Labute approximate surface area is 146 Å². The Balaban J connectivity index is 1.74. The Morgan fingerprint density at radius 3 is 2.62 bits per heavy atom. The van der Waals surface area contributed by atoms with Crippen molar-refractivity contribution >= 4 is 28.5 Å². The van der Waals surface area contributed by atoms with Crippen molar-refractivity contribution in [1.82, 2.24) is 4.90 Å². The summed E-state index contributed by atoms with van der Waals surface area (Å²) in [5, 5.41) is 0.797. The molecule has 0 N–H and O–H groups in total. The molecule has 24 heavy (non-hydrogen) atoms. The minimum Gasteiger partial charge on any atom is -0.497 e. The lowest BCUT2D eigenvalue weighted by molar-refractivity contribution is -0.126. The third-order valence-corrected chi connectivity index (χ3v) is 4.85. The van der Waals surface area contributed by atoms with Crippen LogP contribution in [-0.2, 0) is 11.2 Å². The Kier molecular flexibility index (Phi) is 5.54. The number of hydrogen-bond donors (Lipinski definition) is 0. The first-order chi connectivity index (χ1) is 11.8. The molecule has 3 rings (SSSR count). The monoisotopic (exact) mass is 340 g/mol. The fraction of sp³-hybridized carbons (Fsp3) is 0.263. The summed E-state index contributed by atoms with van der Waals surface area (Å²) in [6.07, 6.45) is 1.37. The number of thioether (sulfide) groups is 1. The maximum atomic E-state index is 12.7. The van der Waals surface area contributed by atoms with Gasteiger partial charge in [0.05, 0.1) is 19.2 Å². The van der Waals surface area contributed by atoms with Crippen LogP contribution in [0.4, 0.5) is 5.69 Å². The van der Waals surface area contributed by atoms with Crippen molar-refractivity contribution in [3.63, 3.8) is 0 Å². The SMILES string of the molecule is COc1ccc(CC(=O)N2CCCSC2=Nc2ccccc2)cc1. The Hall–Kier alpha value is -2.27. The van der Waals surface area contributed by atoms with Gasteiger partial charge in [0.15, 0.2) is 5.17 Å². The van der Waals surface area contributed by atoms with E-state index >= 15 is 0 Å². The molecule has 1 saturated heterocycles. The van der Waals surface area contributed by atoms with Crippen LogP contribution in [0.15, 0.2) is 59.6 Å². The molecule has 2 aromatic rings. The molecular weight excluding hydrogens is 320 g/mol. The summed E-state index contributed by atoms with van der Waals surface area (Å²) in [4.78, 5) is 19.2. The lowest BCUT2D eigenvalue weighted by Gasteiger charge is -2.27. The second-order valence-corrected chi connectivity index (χ2v) is 6.56. The minimum absolute atomic E-state index is 0.0852. The number of amides is 1. The first-order valence-electron chi connectivity index (χ1n) is 7.96. The van der Waals surface area contributed by atoms with Crippen molar-refractivity contribution in [2.75, 3.05) is 19.4 Å². The van der Waals surface area contributed by atoms with Gasteiger partial charge in [0.1, 0.15) is 5.75 Å². The highest BCUT2D eigenvalue weighted by molar-refractivity contribution is 8.13. The van der Waals surface area contributed by atoms with E-state index in [1.165, 1.54) is 0 Å². The fourth-order valence-electron chi connectivity index (χ4n) is 2.51. The number of nitrogens with zero attached hydrogens (tertiary/aromatic N) is 2. The van der Waals surface area contributed by atoms with Gasteiger partial charge in [0.25, 0.3) is 0 Å². The second-order valence-electron chi connectivity index (χ2n) is 5.50. The minimum atomic E-state index is 0.0852. The smallest absolute Gasteiger partial charge is 0.232 e. The van der Waals surface area contributed by atoms with Crippen molar-refractivity contribution in [1.29, 1.82) is 0 Å². The number of ether oxygens (including phenoxy) is 1. The van der Waals surface area contributed by atoms with Crippen molar-refractivity contribution in [3.8, 4) is 5.75 Å². The number of benzene rings is 2. The largest absolute Gasteiger partial charge is 0.497 e. The highest BCUT2D eigenvalue weighted by Crippen LogP contribution is 2.23. The quantitative estimate of drug-likeness (QED) is 0.848. The van der Waals surface area contributed by atoms with Crippen LogP contribution in [0.25, 0.3) is 0 Å². The standard InChI is InChI=1S/C19H20N2O2S/c1-23-17-10-8-15(9-11-17)14-18(22)21-12-5-13-24-19(21)20-16-6-3-2-4-7-16/h2-4,6-11H,5,12-14H2,1H3. The van der Waals surface area contributed by atoms with E-state index in [0.29, 0.717) is 6.42 Å². The molecule has 0 spiro atoms. The highest BCUT2D eigenvalue weighted by Gasteiger charge is 2.23. The van der Waals surface area contributed by atoms with Crippen LogP contribution >= 0.6 is 11.8 Å². The molecule has 0 saturated carbocycles. The molecule has 4 nitrogen and oxygen atoms in total.